The van der Waals surface area contributed by atoms with E-state index >= 15 is 0 Å². The molecule has 0 radical (unpaired) electrons. The smallest absolute Gasteiger partial charge is 0.303 e. The summed E-state index contributed by atoms with van der Waals surface area (Å²) in [6, 6.07) is 9.27. The molecule has 0 heterocycles. The van der Waals surface area contributed by atoms with E-state index in [4.69, 9.17) is 5.11 Å². The van der Waals surface area contributed by atoms with Gasteiger partial charge in [0.25, 0.3) is 0 Å². The van der Waals surface area contributed by atoms with E-state index in [1.54, 1.807) is 0 Å². The van der Waals surface area contributed by atoms with Crippen LogP contribution in [0.4, 0.5) is 0 Å². The maximum Gasteiger partial charge on any atom is 0.303 e. The van der Waals surface area contributed by atoms with Gasteiger partial charge in [0.05, 0.1) is 0 Å². The predicted molar refractivity (Wildman–Crippen MR) is 85.7 cm³/mol. The van der Waals surface area contributed by atoms with Crippen LogP contribution in [-0.2, 0) is 17.6 Å². The molecule has 0 saturated heterocycles. The standard InChI is InChI=1S/C16H25NO2.ClH/c1-13(17-2)12-15-10-8-14(9-11-15)6-4-3-5-7-16(18)19;/h8-11,13,17H,3-7,12H2,1-2H3,(H,18,19);1H/t13-;/m0./s1. The number of halogens is 1. The first kappa shape index (κ1) is 18.9. The van der Waals surface area contributed by atoms with Crippen LogP contribution in [0.15, 0.2) is 24.3 Å². The average Bonchev–Trinajstić information content (AvgIpc) is 2.39. The zero-order valence-corrected chi connectivity index (χ0v) is 13.2. The minimum atomic E-state index is -0.692. The van der Waals surface area contributed by atoms with Crippen molar-refractivity contribution >= 4 is 18.4 Å². The third kappa shape index (κ3) is 8.18. The summed E-state index contributed by atoms with van der Waals surface area (Å²) in [6.45, 7) is 2.18. The van der Waals surface area contributed by atoms with Gasteiger partial charge in [-0.2, -0.15) is 0 Å². The fourth-order valence-electron chi connectivity index (χ4n) is 2.08. The first-order valence-electron chi connectivity index (χ1n) is 7.08. The molecule has 20 heavy (non-hydrogen) atoms. The molecule has 1 aromatic carbocycles. The number of nitrogens with one attached hydrogen (secondary N) is 1. The lowest BCUT2D eigenvalue weighted by molar-refractivity contribution is -0.137. The summed E-state index contributed by atoms with van der Waals surface area (Å²) in [4.78, 5) is 10.4. The Morgan fingerprint density at radius 3 is 2.30 bits per heavy atom. The zero-order chi connectivity index (χ0) is 14.1. The number of benzene rings is 1. The molecule has 0 aliphatic carbocycles. The molecule has 0 aromatic heterocycles. The summed E-state index contributed by atoms with van der Waals surface area (Å²) in [5.41, 5.74) is 2.70. The highest BCUT2D eigenvalue weighted by Gasteiger charge is 2.01. The number of carbonyl (C=O) groups is 1. The van der Waals surface area contributed by atoms with Crippen LogP contribution in [0.3, 0.4) is 0 Å². The highest BCUT2D eigenvalue weighted by atomic mass is 35.5. The van der Waals surface area contributed by atoms with E-state index in [0.717, 1.165) is 32.1 Å². The maximum atomic E-state index is 10.4. The Hall–Kier alpha value is -1.06. The normalized spacial score (nSPS) is 11.7. The van der Waals surface area contributed by atoms with Crippen molar-refractivity contribution in [2.75, 3.05) is 7.05 Å². The number of hydrogen-bond acceptors (Lipinski definition) is 2. The number of likely N-dealkylation sites (N-methyl/N-ethyl adjacent to an activating group) is 1. The zero-order valence-electron chi connectivity index (χ0n) is 12.4. The predicted octanol–water partition coefficient (Wildman–Crippen LogP) is 3.45. The van der Waals surface area contributed by atoms with Gasteiger partial charge in [0.15, 0.2) is 0 Å². The van der Waals surface area contributed by atoms with Crippen molar-refractivity contribution in [3.8, 4) is 0 Å². The van der Waals surface area contributed by atoms with E-state index in [2.05, 4.69) is 36.5 Å². The van der Waals surface area contributed by atoms with E-state index < -0.39 is 5.97 Å². The Morgan fingerprint density at radius 2 is 1.75 bits per heavy atom. The largest absolute Gasteiger partial charge is 0.481 e. The lowest BCUT2D eigenvalue weighted by atomic mass is 10.0. The number of aryl methyl sites for hydroxylation is 1. The number of carboxylic acids is 1. The van der Waals surface area contributed by atoms with Gasteiger partial charge in [-0.1, -0.05) is 30.7 Å². The third-order valence-corrected chi connectivity index (χ3v) is 3.41. The van der Waals surface area contributed by atoms with Crippen LogP contribution in [-0.4, -0.2) is 24.2 Å². The Bertz CT molecular complexity index is 379. The van der Waals surface area contributed by atoms with Crippen LogP contribution in [0.5, 0.6) is 0 Å². The van der Waals surface area contributed by atoms with Crippen LogP contribution in [0.25, 0.3) is 0 Å². The van der Waals surface area contributed by atoms with Gasteiger partial charge in [-0.05, 0) is 50.8 Å². The molecule has 0 aliphatic heterocycles. The molecule has 1 rings (SSSR count). The monoisotopic (exact) mass is 299 g/mol. The minimum Gasteiger partial charge on any atom is -0.481 e. The molecular weight excluding hydrogens is 274 g/mol. The van der Waals surface area contributed by atoms with Crippen molar-refractivity contribution in [2.45, 2.75) is 51.5 Å². The molecule has 0 amide bonds. The quantitative estimate of drug-likeness (QED) is 0.687. The minimum absolute atomic E-state index is 0. The second kappa shape index (κ2) is 10.7. The van der Waals surface area contributed by atoms with Crippen molar-refractivity contribution in [3.05, 3.63) is 35.4 Å². The molecule has 0 saturated carbocycles. The van der Waals surface area contributed by atoms with Crippen molar-refractivity contribution in [3.63, 3.8) is 0 Å². The van der Waals surface area contributed by atoms with Gasteiger partial charge in [0, 0.05) is 12.5 Å². The van der Waals surface area contributed by atoms with Gasteiger partial charge in [-0.3, -0.25) is 4.79 Å². The van der Waals surface area contributed by atoms with Crippen molar-refractivity contribution < 1.29 is 9.90 Å². The van der Waals surface area contributed by atoms with Crippen LogP contribution >= 0.6 is 12.4 Å². The fraction of sp³-hybridized carbons (Fsp3) is 0.562. The van der Waals surface area contributed by atoms with E-state index in [1.807, 2.05) is 7.05 Å². The summed E-state index contributed by atoms with van der Waals surface area (Å²) in [7, 11) is 1.98. The molecule has 0 fully saturated rings. The molecule has 4 heteroatoms. The van der Waals surface area contributed by atoms with Gasteiger partial charge in [0.1, 0.15) is 0 Å². The lowest BCUT2D eigenvalue weighted by Gasteiger charge is -2.10. The molecule has 0 bridgehead atoms. The van der Waals surface area contributed by atoms with Gasteiger partial charge in [-0.25, -0.2) is 0 Å². The number of unbranched alkanes of at least 4 members (excludes halogenated alkanes) is 2. The van der Waals surface area contributed by atoms with Crippen LogP contribution < -0.4 is 5.32 Å². The Kier molecular flexibility index (Phi) is 10.1. The number of carboxylic acid groups (broad SMARTS) is 1. The fourth-order valence-corrected chi connectivity index (χ4v) is 2.08. The van der Waals surface area contributed by atoms with Gasteiger partial charge >= 0.3 is 5.97 Å². The number of hydrogen-bond donors (Lipinski definition) is 2. The van der Waals surface area contributed by atoms with Crippen molar-refractivity contribution in [1.29, 1.82) is 0 Å². The highest BCUT2D eigenvalue weighted by Crippen LogP contribution is 2.11. The van der Waals surface area contributed by atoms with Crippen molar-refractivity contribution in [2.24, 2.45) is 0 Å². The van der Waals surface area contributed by atoms with Crippen LogP contribution in [0, 0.1) is 0 Å². The van der Waals surface area contributed by atoms with E-state index in [1.165, 1.54) is 11.1 Å². The first-order valence-corrected chi connectivity index (χ1v) is 7.08. The highest BCUT2D eigenvalue weighted by molar-refractivity contribution is 5.85. The summed E-state index contributed by atoms with van der Waals surface area (Å²) in [5, 5.41) is 11.8. The average molecular weight is 300 g/mol. The van der Waals surface area contributed by atoms with Crippen LogP contribution in [0.2, 0.25) is 0 Å². The topological polar surface area (TPSA) is 49.3 Å². The summed E-state index contributed by atoms with van der Waals surface area (Å²) in [5.74, 6) is -0.692. The Labute approximate surface area is 128 Å². The summed E-state index contributed by atoms with van der Waals surface area (Å²) < 4.78 is 0. The summed E-state index contributed by atoms with van der Waals surface area (Å²) >= 11 is 0. The second-order valence-corrected chi connectivity index (χ2v) is 5.16. The summed E-state index contributed by atoms with van der Waals surface area (Å²) in [6.07, 6.45) is 5.23. The SMILES string of the molecule is CN[C@@H](C)Cc1ccc(CCCCCC(=O)O)cc1.Cl. The molecule has 0 unspecified atom stereocenters. The third-order valence-electron chi connectivity index (χ3n) is 3.41. The van der Waals surface area contributed by atoms with E-state index in [0.29, 0.717) is 12.5 Å². The molecule has 0 aliphatic rings. The van der Waals surface area contributed by atoms with Crippen LogP contribution in [0.1, 0.15) is 43.7 Å². The Balaban J connectivity index is 0.00000361. The molecule has 114 valence electrons. The molecule has 1 aromatic rings. The Morgan fingerprint density at radius 1 is 1.15 bits per heavy atom. The van der Waals surface area contributed by atoms with Gasteiger partial charge < -0.3 is 10.4 Å². The molecule has 1 atom stereocenters. The molecule has 3 nitrogen and oxygen atoms in total. The van der Waals surface area contributed by atoms with E-state index in [9.17, 15) is 4.79 Å². The molecule has 2 N–H and O–H groups in total. The molecule has 0 spiro atoms. The lowest BCUT2D eigenvalue weighted by Crippen LogP contribution is -2.23. The van der Waals surface area contributed by atoms with Gasteiger partial charge in [-0.15, -0.1) is 12.4 Å². The van der Waals surface area contributed by atoms with Crippen molar-refractivity contribution in [1.82, 2.24) is 5.32 Å². The number of rotatable bonds is 9. The van der Waals surface area contributed by atoms with Gasteiger partial charge in [0.2, 0.25) is 0 Å². The maximum absolute atomic E-state index is 10.4. The van der Waals surface area contributed by atoms with E-state index in [-0.39, 0.29) is 12.4 Å². The first-order chi connectivity index (χ1) is 9.11. The molecular formula is C16H26ClNO2. The second-order valence-electron chi connectivity index (χ2n) is 5.16. The number of aliphatic carboxylic acids is 1.